The summed E-state index contributed by atoms with van der Waals surface area (Å²) in [6, 6.07) is 13.2. The zero-order valence-electron chi connectivity index (χ0n) is 15.9. The summed E-state index contributed by atoms with van der Waals surface area (Å²) >= 11 is 1.33. The Labute approximate surface area is 172 Å². The maximum Gasteiger partial charge on any atom is 0.307 e. The van der Waals surface area contributed by atoms with Crippen molar-refractivity contribution in [1.82, 2.24) is 4.98 Å². The number of thioether (sulfide) groups is 1. The fourth-order valence-corrected chi connectivity index (χ4v) is 4.50. The topological polar surface area (TPSA) is 88.3 Å². The van der Waals surface area contributed by atoms with Gasteiger partial charge >= 0.3 is 5.97 Å². The van der Waals surface area contributed by atoms with Crippen LogP contribution in [0, 0.1) is 0 Å². The molecule has 0 saturated carbocycles. The number of hydrogen-bond donors (Lipinski definition) is 2. The Morgan fingerprint density at radius 2 is 1.97 bits per heavy atom. The molecule has 2 N–H and O–H groups in total. The number of nitrogens with one attached hydrogen (secondary N) is 2. The van der Waals surface area contributed by atoms with Gasteiger partial charge in [0, 0.05) is 27.6 Å². The van der Waals surface area contributed by atoms with Gasteiger partial charge in [-0.2, -0.15) is 0 Å². The predicted molar refractivity (Wildman–Crippen MR) is 112 cm³/mol. The molecule has 2 heterocycles. The summed E-state index contributed by atoms with van der Waals surface area (Å²) in [6.07, 6.45) is 2.41. The minimum Gasteiger partial charge on any atom is -0.457 e. The van der Waals surface area contributed by atoms with Crippen LogP contribution in [0.15, 0.2) is 53.6 Å². The molecule has 0 fully saturated rings. The number of fused-ring (bicyclic) bond motifs is 2. The Hall–Kier alpha value is -3.06. The van der Waals surface area contributed by atoms with Gasteiger partial charge in [-0.25, -0.2) is 0 Å². The van der Waals surface area contributed by atoms with Crippen LogP contribution in [0.2, 0.25) is 0 Å². The molecule has 1 atom stereocenters. The molecule has 1 aromatic heterocycles. The first-order valence-corrected chi connectivity index (χ1v) is 10.3. The number of anilines is 1. The van der Waals surface area contributed by atoms with Crippen LogP contribution < -0.4 is 5.32 Å². The number of H-pyrrole nitrogens is 1. The molecule has 3 aromatic rings. The molecule has 2 aromatic carbocycles. The second-order valence-corrected chi connectivity index (χ2v) is 8.02. The molecule has 0 saturated heterocycles. The molecule has 6 nitrogen and oxygen atoms in total. The molecule has 1 aliphatic heterocycles. The number of benzene rings is 2. The highest BCUT2D eigenvalue weighted by molar-refractivity contribution is 8.01. The minimum atomic E-state index is -0.576. The first-order chi connectivity index (χ1) is 14.1. The van der Waals surface area contributed by atoms with Crippen molar-refractivity contribution in [3.8, 4) is 0 Å². The SMILES string of the molecule is CCc1cccc2c(C(=O)COC(=O)CC3Sc4ccccc4NC3=O)c[nH]c12. The number of aromatic amines is 1. The fraction of sp³-hybridized carbons (Fsp3) is 0.227. The van der Waals surface area contributed by atoms with E-state index < -0.39 is 11.2 Å². The summed E-state index contributed by atoms with van der Waals surface area (Å²) in [7, 11) is 0. The maximum atomic E-state index is 12.6. The molecule has 0 aliphatic carbocycles. The van der Waals surface area contributed by atoms with Gasteiger partial charge < -0.3 is 15.0 Å². The molecule has 1 aliphatic rings. The zero-order chi connectivity index (χ0) is 20.4. The number of ether oxygens (including phenoxy) is 1. The second-order valence-electron chi connectivity index (χ2n) is 6.78. The smallest absolute Gasteiger partial charge is 0.307 e. The van der Waals surface area contributed by atoms with Gasteiger partial charge in [-0.3, -0.25) is 14.4 Å². The van der Waals surface area contributed by atoms with Crippen molar-refractivity contribution in [3.05, 3.63) is 59.8 Å². The minimum absolute atomic E-state index is 0.0913. The lowest BCUT2D eigenvalue weighted by Crippen LogP contribution is -2.31. The number of para-hydroxylation sites is 2. The van der Waals surface area contributed by atoms with Crippen molar-refractivity contribution in [1.29, 1.82) is 0 Å². The summed E-state index contributed by atoms with van der Waals surface area (Å²) in [5, 5.41) is 3.04. The summed E-state index contributed by atoms with van der Waals surface area (Å²) in [4.78, 5) is 41.1. The third kappa shape index (κ3) is 3.91. The fourth-order valence-electron chi connectivity index (χ4n) is 3.40. The third-order valence-corrected chi connectivity index (χ3v) is 6.18. The average Bonchev–Trinajstić information content (AvgIpc) is 3.17. The van der Waals surface area contributed by atoms with Gasteiger partial charge in [0.25, 0.3) is 0 Å². The third-order valence-electron chi connectivity index (χ3n) is 4.91. The number of carbonyl (C=O) groups is 3. The van der Waals surface area contributed by atoms with E-state index in [0.29, 0.717) is 5.56 Å². The van der Waals surface area contributed by atoms with Crippen LogP contribution in [0.4, 0.5) is 5.69 Å². The molecule has 0 bridgehead atoms. The second kappa shape index (κ2) is 8.13. The van der Waals surface area contributed by atoms with E-state index in [4.69, 9.17) is 4.74 Å². The summed E-state index contributed by atoms with van der Waals surface area (Å²) in [6.45, 7) is 1.70. The number of ketones is 1. The normalized spacial score (nSPS) is 15.6. The number of rotatable bonds is 6. The highest BCUT2D eigenvalue weighted by Crippen LogP contribution is 2.36. The number of esters is 1. The Morgan fingerprint density at radius 1 is 1.14 bits per heavy atom. The Balaban J connectivity index is 1.38. The highest BCUT2D eigenvalue weighted by Gasteiger charge is 2.29. The molecule has 7 heteroatoms. The largest absolute Gasteiger partial charge is 0.457 e. The Bertz CT molecular complexity index is 1110. The van der Waals surface area contributed by atoms with E-state index in [9.17, 15) is 14.4 Å². The van der Waals surface area contributed by atoms with Crippen LogP contribution in [0.25, 0.3) is 10.9 Å². The Kier molecular flexibility index (Phi) is 5.40. The van der Waals surface area contributed by atoms with E-state index in [-0.39, 0.29) is 24.7 Å². The Morgan fingerprint density at radius 3 is 2.79 bits per heavy atom. The van der Waals surface area contributed by atoms with Crippen LogP contribution in [0.1, 0.15) is 29.3 Å². The monoisotopic (exact) mass is 408 g/mol. The van der Waals surface area contributed by atoms with Crippen molar-refractivity contribution >= 4 is 46.0 Å². The average molecular weight is 408 g/mol. The molecular weight excluding hydrogens is 388 g/mol. The summed E-state index contributed by atoms with van der Waals surface area (Å²) in [5.41, 5.74) is 3.30. The lowest BCUT2D eigenvalue weighted by molar-refractivity contribution is -0.143. The van der Waals surface area contributed by atoms with Crippen molar-refractivity contribution in [2.45, 2.75) is 29.9 Å². The van der Waals surface area contributed by atoms with Crippen LogP contribution in [0.3, 0.4) is 0 Å². The lowest BCUT2D eigenvalue weighted by atomic mass is 10.1. The summed E-state index contributed by atoms with van der Waals surface area (Å²) in [5.74, 6) is -1.08. The zero-order valence-corrected chi connectivity index (χ0v) is 16.7. The van der Waals surface area contributed by atoms with Crippen molar-refractivity contribution in [3.63, 3.8) is 0 Å². The van der Waals surface area contributed by atoms with Crippen LogP contribution in [-0.2, 0) is 20.7 Å². The van der Waals surface area contributed by atoms with E-state index in [1.165, 1.54) is 11.8 Å². The van der Waals surface area contributed by atoms with E-state index in [1.54, 1.807) is 6.20 Å². The van der Waals surface area contributed by atoms with Crippen molar-refractivity contribution in [2.24, 2.45) is 0 Å². The van der Waals surface area contributed by atoms with Crippen LogP contribution in [0.5, 0.6) is 0 Å². The molecule has 0 spiro atoms. The molecular formula is C22H20N2O4S. The van der Waals surface area contributed by atoms with Gasteiger partial charge in [0.2, 0.25) is 11.7 Å². The molecule has 0 radical (unpaired) electrons. The number of Topliss-reactive ketones (excluding diaryl/α,β-unsaturated/α-hetero) is 1. The number of carbonyl (C=O) groups excluding carboxylic acids is 3. The quantitative estimate of drug-likeness (QED) is 0.476. The molecule has 148 valence electrons. The number of aryl methyl sites for hydroxylation is 1. The first kappa shape index (κ1) is 19.3. The number of amides is 1. The van der Waals surface area contributed by atoms with E-state index in [1.807, 2.05) is 42.5 Å². The van der Waals surface area contributed by atoms with E-state index in [2.05, 4.69) is 17.2 Å². The highest BCUT2D eigenvalue weighted by atomic mass is 32.2. The molecule has 1 unspecified atom stereocenters. The van der Waals surface area contributed by atoms with Gasteiger partial charge in [-0.15, -0.1) is 11.8 Å². The van der Waals surface area contributed by atoms with Gasteiger partial charge in [0.15, 0.2) is 6.61 Å². The van der Waals surface area contributed by atoms with Crippen molar-refractivity contribution in [2.75, 3.05) is 11.9 Å². The lowest BCUT2D eigenvalue weighted by Gasteiger charge is -2.23. The van der Waals surface area contributed by atoms with Gasteiger partial charge in [0.05, 0.1) is 17.4 Å². The van der Waals surface area contributed by atoms with Gasteiger partial charge in [-0.1, -0.05) is 37.3 Å². The predicted octanol–water partition coefficient (Wildman–Crippen LogP) is 3.96. The van der Waals surface area contributed by atoms with E-state index in [0.717, 1.165) is 33.5 Å². The standard InChI is InChI=1S/C22H20N2O4S/c1-2-13-6-5-7-14-15(11-23-21(13)14)17(25)12-28-20(26)10-19-22(27)24-16-8-3-4-9-18(16)29-19/h3-9,11,19,23H,2,10,12H2,1H3,(H,24,27). The van der Waals surface area contributed by atoms with Gasteiger partial charge in [0.1, 0.15) is 0 Å². The van der Waals surface area contributed by atoms with Crippen molar-refractivity contribution < 1.29 is 19.1 Å². The van der Waals surface area contributed by atoms with Gasteiger partial charge in [-0.05, 0) is 24.1 Å². The van der Waals surface area contributed by atoms with Crippen LogP contribution >= 0.6 is 11.8 Å². The first-order valence-electron chi connectivity index (χ1n) is 9.41. The number of aromatic nitrogens is 1. The molecule has 29 heavy (non-hydrogen) atoms. The molecule has 1 amide bonds. The molecule has 4 rings (SSSR count). The van der Waals surface area contributed by atoms with Crippen LogP contribution in [-0.4, -0.2) is 34.5 Å². The number of hydrogen-bond acceptors (Lipinski definition) is 5. The maximum absolute atomic E-state index is 12.6. The van der Waals surface area contributed by atoms with E-state index >= 15 is 0 Å². The summed E-state index contributed by atoms with van der Waals surface area (Å²) < 4.78 is 5.18.